The molecule has 0 unspecified atom stereocenters. The third-order valence-corrected chi connectivity index (χ3v) is 6.05. The van der Waals surface area contributed by atoms with Gasteiger partial charge in [0.1, 0.15) is 22.5 Å². The SMILES string of the molecule is CCOc1ccc(Br)cc1S(=O)(=O)Nc1ccc(N/N=C(/C#N)C(=O)Nc2ccccn2)cc1.Cl. The van der Waals surface area contributed by atoms with Crippen LogP contribution in [-0.4, -0.2) is 31.6 Å². The molecular weight excluding hydrogens is 560 g/mol. The van der Waals surface area contributed by atoms with Gasteiger partial charge in [-0.05, 0) is 61.5 Å². The summed E-state index contributed by atoms with van der Waals surface area (Å²) in [6.07, 6.45) is 1.50. The molecule has 0 aliphatic carbocycles. The maximum atomic E-state index is 12.9. The molecule has 3 N–H and O–H groups in total. The highest BCUT2D eigenvalue weighted by Crippen LogP contribution is 2.29. The number of aromatic nitrogens is 1. The van der Waals surface area contributed by atoms with Gasteiger partial charge in [-0.15, -0.1) is 12.4 Å². The van der Waals surface area contributed by atoms with E-state index < -0.39 is 21.6 Å². The van der Waals surface area contributed by atoms with Gasteiger partial charge in [-0.25, -0.2) is 13.4 Å². The molecule has 35 heavy (non-hydrogen) atoms. The molecule has 2 aromatic carbocycles. The number of sulfonamides is 1. The Hall–Kier alpha value is -3.66. The zero-order chi connectivity index (χ0) is 24.6. The number of nitrogens with one attached hydrogen (secondary N) is 3. The van der Waals surface area contributed by atoms with Crippen LogP contribution >= 0.6 is 28.3 Å². The monoisotopic (exact) mass is 578 g/mol. The molecule has 1 amide bonds. The smallest absolute Gasteiger partial charge is 0.288 e. The Morgan fingerprint density at radius 3 is 2.49 bits per heavy atom. The summed E-state index contributed by atoms with van der Waals surface area (Å²) in [4.78, 5) is 16.1. The molecule has 0 aliphatic heterocycles. The van der Waals surface area contributed by atoms with E-state index in [1.54, 1.807) is 43.3 Å². The number of hydrogen-bond donors (Lipinski definition) is 3. The minimum Gasteiger partial charge on any atom is -0.492 e. The molecule has 0 aliphatic rings. The lowest BCUT2D eigenvalue weighted by Gasteiger charge is -2.13. The minimum atomic E-state index is -3.93. The van der Waals surface area contributed by atoms with E-state index in [9.17, 15) is 18.5 Å². The van der Waals surface area contributed by atoms with Crippen molar-refractivity contribution in [2.45, 2.75) is 11.8 Å². The van der Waals surface area contributed by atoms with Crippen LogP contribution in [0.4, 0.5) is 17.2 Å². The van der Waals surface area contributed by atoms with Crippen LogP contribution in [0.5, 0.6) is 5.75 Å². The van der Waals surface area contributed by atoms with Gasteiger partial charge in [0.25, 0.3) is 15.9 Å². The summed E-state index contributed by atoms with van der Waals surface area (Å²) in [6.45, 7) is 2.08. The predicted molar refractivity (Wildman–Crippen MR) is 139 cm³/mol. The van der Waals surface area contributed by atoms with Crippen molar-refractivity contribution in [2.75, 3.05) is 22.1 Å². The number of carbonyl (C=O) groups excluding carboxylic acids is 1. The van der Waals surface area contributed by atoms with E-state index in [1.807, 2.05) is 0 Å². The molecule has 0 spiro atoms. The van der Waals surface area contributed by atoms with Crippen molar-refractivity contribution in [1.82, 2.24) is 4.98 Å². The fourth-order valence-electron chi connectivity index (χ4n) is 2.65. The number of amides is 1. The van der Waals surface area contributed by atoms with Crippen LogP contribution < -0.4 is 20.2 Å². The third-order valence-electron chi connectivity index (χ3n) is 4.16. The van der Waals surface area contributed by atoms with Crippen molar-refractivity contribution < 1.29 is 17.9 Å². The molecule has 13 heteroatoms. The number of benzene rings is 2. The van der Waals surface area contributed by atoms with Crippen LogP contribution in [0.25, 0.3) is 0 Å². The molecule has 0 radical (unpaired) electrons. The van der Waals surface area contributed by atoms with Crippen LogP contribution in [0, 0.1) is 11.3 Å². The van der Waals surface area contributed by atoms with Crippen molar-refractivity contribution in [3.05, 3.63) is 71.3 Å². The molecule has 10 nitrogen and oxygen atoms in total. The van der Waals surface area contributed by atoms with E-state index in [0.29, 0.717) is 22.5 Å². The van der Waals surface area contributed by atoms with Gasteiger partial charge < -0.3 is 10.1 Å². The van der Waals surface area contributed by atoms with Crippen molar-refractivity contribution >= 4 is 67.2 Å². The summed E-state index contributed by atoms with van der Waals surface area (Å²) < 4.78 is 34.3. The second kappa shape index (κ2) is 12.7. The fraction of sp³-hybridized carbons (Fsp3) is 0.0909. The number of hydrogen-bond acceptors (Lipinski definition) is 8. The Balaban J connectivity index is 0.00000432. The summed E-state index contributed by atoms with van der Waals surface area (Å²) in [5.41, 5.74) is 2.92. The van der Waals surface area contributed by atoms with Gasteiger partial charge >= 0.3 is 0 Å². The predicted octanol–water partition coefficient (Wildman–Crippen LogP) is 4.40. The highest BCUT2D eigenvalue weighted by Gasteiger charge is 2.20. The number of halogens is 2. The van der Waals surface area contributed by atoms with E-state index >= 15 is 0 Å². The maximum absolute atomic E-state index is 12.9. The maximum Gasteiger partial charge on any atom is 0.288 e. The molecule has 3 aromatic rings. The van der Waals surface area contributed by atoms with Crippen LogP contribution in [-0.2, 0) is 14.8 Å². The first kappa shape index (κ1) is 27.6. The normalized spacial score (nSPS) is 10.9. The first-order chi connectivity index (χ1) is 16.3. The van der Waals surface area contributed by atoms with Gasteiger partial charge in [0, 0.05) is 16.4 Å². The first-order valence-corrected chi connectivity index (χ1v) is 12.1. The number of ether oxygens (including phenoxy) is 1. The molecular formula is C22H20BrClN6O4S. The molecule has 0 saturated carbocycles. The summed E-state index contributed by atoms with van der Waals surface area (Å²) in [7, 11) is -3.93. The van der Waals surface area contributed by atoms with Crippen LogP contribution in [0.3, 0.4) is 0 Å². The standard InChI is InChI=1S/C22H19BrN6O4S.ClH/c1-2-33-19-11-6-15(23)13-20(19)34(31,32)29-17-9-7-16(8-10-17)27-28-18(14-24)22(30)26-21-5-3-4-12-25-21;/h3-13,27,29H,2H2,1H3,(H,25,26,30);1H/b28-18-;. The zero-order valence-corrected chi connectivity index (χ0v) is 21.4. The number of anilines is 3. The van der Waals surface area contributed by atoms with Crippen LogP contribution in [0.1, 0.15) is 6.92 Å². The van der Waals surface area contributed by atoms with E-state index in [1.165, 1.54) is 36.5 Å². The minimum absolute atomic E-state index is 0. The zero-order valence-electron chi connectivity index (χ0n) is 18.2. The van der Waals surface area contributed by atoms with Crippen molar-refractivity contribution in [3.8, 4) is 11.8 Å². The quantitative estimate of drug-likeness (QED) is 0.252. The highest BCUT2D eigenvalue weighted by molar-refractivity contribution is 9.10. The van der Waals surface area contributed by atoms with Crippen LogP contribution in [0.2, 0.25) is 0 Å². The molecule has 0 saturated heterocycles. The Morgan fingerprint density at radius 2 is 1.86 bits per heavy atom. The number of carbonyl (C=O) groups is 1. The Bertz CT molecular complexity index is 1350. The van der Waals surface area contributed by atoms with Gasteiger partial charge in [-0.1, -0.05) is 22.0 Å². The Labute approximate surface area is 217 Å². The summed E-state index contributed by atoms with van der Waals surface area (Å²) >= 11 is 3.27. The number of nitriles is 1. The van der Waals surface area contributed by atoms with Gasteiger partial charge in [0.2, 0.25) is 5.71 Å². The Morgan fingerprint density at radius 1 is 1.14 bits per heavy atom. The molecule has 1 heterocycles. The van der Waals surface area contributed by atoms with E-state index in [2.05, 4.69) is 41.5 Å². The van der Waals surface area contributed by atoms with Gasteiger partial charge in [0.15, 0.2) is 0 Å². The van der Waals surface area contributed by atoms with E-state index in [0.717, 1.165) is 0 Å². The molecule has 0 fully saturated rings. The first-order valence-electron chi connectivity index (χ1n) is 9.84. The van der Waals surface area contributed by atoms with E-state index in [-0.39, 0.29) is 28.9 Å². The number of hydrazone groups is 1. The van der Waals surface area contributed by atoms with Gasteiger partial charge in [0.05, 0.1) is 12.3 Å². The Kier molecular flexibility index (Phi) is 10.0. The van der Waals surface area contributed by atoms with Gasteiger partial charge in [-0.3, -0.25) is 14.9 Å². The topological polar surface area (TPSA) is 146 Å². The number of rotatable bonds is 9. The lowest BCUT2D eigenvalue weighted by Crippen LogP contribution is -2.23. The molecule has 182 valence electrons. The third kappa shape index (κ3) is 7.68. The lowest BCUT2D eigenvalue weighted by atomic mass is 10.3. The molecule has 0 atom stereocenters. The summed E-state index contributed by atoms with van der Waals surface area (Å²) in [6, 6.07) is 17.5. The van der Waals surface area contributed by atoms with Crippen molar-refractivity contribution in [2.24, 2.45) is 5.10 Å². The van der Waals surface area contributed by atoms with E-state index in [4.69, 9.17) is 4.74 Å². The second-order valence-corrected chi connectivity index (χ2v) is 9.13. The average Bonchev–Trinajstić information content (AvgIpc) is 2.82. The summed E-state index contributed by atoms with van der Waals surface area (Å²) in [5, 5.41) is 15.5. The fourth-order valence-corrected chi connectivity index (χ4v) is 4.39. The number of nitrogens with zero attached hydrogens (tertiary/aromatic N) is 3. The molecule has 1 aromatic heterocycles. The lowest BCUT2D eigenvalue weighted by molar-refractivity contribution is -0.110. The second-order valence-electron chi connectivity index (χ2n) is 6.56. The van der Waals surface area contributed by atoms with Gasteiger partial charge in [-0.2, -0.15) is 10.4 Å². The average molecular weight is 580 g/mol. The van der Waals surface area contributed by atoms with Crippen molar-refractivity contribution in [3.63, 3.8) is 0 Å². The molecule has 0 bridgehead atoms. The summed E-state index contributed by atoms with van der Waals surface area (Å²) in [5.74, 6) is -0.207. The van der Waals surface area contributed by atoms with Crippen LogP contribution in [0.15, 0.2) is 81.3 Å². The highest BCUT2D eigenvalue weighted by atomic mass is 79.9. The molecule has 3 rings (SSSR count). The largest absolute Gasteiger partial charge is 0.492 e. The number of pyridine rings is 1. The van der Waals surface area contributed by atoms with Crippen molar-refractivity contribution in [1.29, 1.82) is 5.26 Å².